The van der Waals surface area contributed by atoms with Crippen LogP contribution >= 0.6 is 24.8 Å². The second-order valence-corrected chi connectivity index (χ2v) is 14.5. The van der Waals surface area contributed by atoms with Gasteiger partial charge in [0.25, 0.3) is 0 Å². The number of rotatable bonds is 10. The quantitative estimate of drug-likeness (QED) is 0.140. The molecule has 0 unspecified atom stereocenters. The molecule has 8 aromatic rings. The average Bonchev–Trinajstić information content (AvgIpc) is 3.97. The zero-order chi connectivity index (χ0) is 39.7. The summed E-state index contributed by atoms with van der Waals surface area (Å²) in [6.45, 7) is 18.5. The predicted octanol–water partition coefficient (Wildman–Crippen LogP) is 9.30. The molecule has 0 spiro atoms. The summed E-state index contributed by atoms with van der Waals surface area (Å²) in [4.78, 5) is 18.4. The van der Waals surface area contributed by atoms with Crippen LogP contribution in [0, 0.1) is 41.5 Å². The normalized spacial score (nSPS) is 10.9. The summed E-state index contributed by atoms with van der Waals surface area (Å²) in [6, 6.07) is 17.2. The number of halogens is 2. The van der Waals surface area contributed by atoms with Crippen LogP contribution in [0.25, 0.3) is 34.1 Å². The predicted molar refractivity (Wildman–Crippen MR) is 240 cm³/mol. The van der Waals surface area contributed by atoms with Crippen molar-refractivity contribution in [3.05, 3.63) is 130 Å². The fourth-order valence-electron chi connectivity index (χ4n) is 7.34. The summed E-state index contributed by atoms with van der Waals surface area (Å²) in [5, 5.41) is 16.0. The van der Waals surface area contributed by atoms with E-state index in [2.05, 4.69) is 142 Å². The Bertz CT molecular complexity index is 2680. The van der Waals surface area contributed by atoms with E-state index in [1.807, 2.05) is 27.9 Å². The first-order chi connectivity index (χ1) is 27.0. The van der Waals surface area contributed by atoms with Crippen molar-refractivity contribution in [2.45, 2.75) is 81.3 Å². The molecule has 0 saturated heterocycles. The smallest absolute Gasteiger partial charge is 0.182 e. The number of pyridine rings is 2. The average molecular weight is 822 g/mol. The second kappa shape index (κ2) is 18.3. The zero-order valence-electron chi connectivity index (χ0n) is 35.0. The number of nitrogens with one attached hydrogen (secondary N) is 2. The van der Waals surface area contributed by atoms with Crippen LogP contribution in [0.5, 0.6) is 0 Å². The largest absolute Gasteiger partial charge is 0.378 e. The number of imidazole rings is 2. The molecule has 0 fully saturated rings. The minimum atomic E-state index is 0. The molecule has 2 N–H and O–H groups in total. The Morgan fingerprint density at radius 2 is 1.14 bits per heavy atom. The molecule has 0 radical (unpaired) electrons. The fourth-order valence-corrected chi connectivity index (χ4v) is 7.34. The van der Waals surface area contributed by atoms with Crippen LogP contribution in [-0.4, -0.2) is 48.3 Å². The van der Waals surface area contributed by atoms with E-state index in [9.17, 15) is 0 Å². The highest BCUT2D eigenvalue weighted by Gasteiger charge is 2.17. The van der Waals surface area contributed by atoms with Gasteiger partial charge in [0.1, 0.15) is 12.7 Å². The summed E-state index contributed by atoms with van der Waals surface area (Å²) in [6.07, 6.45) is 9.50. The van der Waals surface area contributed by atoms with Gasteiger partial charge in [-0.2, -0.15) is 10.2 Å². The Balaban J connectivity index is 0.000000214. The van der Waals surface area contributed by atoms with Gasteiger partial charge in [0.05, 0.1) is 22.8 Å². The minimum Gasteiger partial charge on any atom is -0.378 e. The van der Waals surface area contributed by atoms with Gasteiger partial charge in [0.15, 0.2) is 22.9 Å². The lowest BCUT2D eigenvalue weighted by molar-refractivity contribution is 0.768. The van der Waals surface area contributed by atoms with Gasteiger partial charge < -0.3 is 19.4 Å². The van der Waals surface area contributed by atoms with Gasteiger partial charge in [-0.1, -0.05) is 50.2 Å². The van der Waals surface area contributed by atoms with Gasteiger partial charge in [-0.3, -0.25) is 4.68 Å². The molecule has 0 bridgehead atoms. The van der Waals surface area contributed by atoms with Crippen molar-refractivity contribution in [3.8, 4) is 22.8 Å². The molecule has 14 heteroatoms. The number of fused-ring (bicyclic) bond motifs is 2. The Labute approximate surface area is 353 Å². The van der Waals surface area contributed by atoms with Gasteiger partial charge >= 0.3 is 0 Å². The molecule has 0 amide bonds. The maximum Gasteiger partial charge on any atom is 0.182 e. The third-order valence-corrected chi connectivity index (χ3v) is 10.9. The summed E-state index contributed by atoms with van der Waals surface area (Å²) in [5.41, 5.74) is 18.2. The van der Waals surface area contributed by atoms with Crippen LogP contribution in [0.4, 0.5) is 11.4 Å². The molecule has 58 heavy (non-hydrogen) atoms. The first kappa shape index (κ1) is 43.4. The molecular formula is C44H54Cl2N12. The molecule has 0 atom stereocenters. The molecular weight excluding hydrogens is 767 g/mol. The highest BCUT2D eigenvalue weighted by Crippen LogP contribution is 2.29. The number of nitrogens with zero attached hydrogens (tertiary/aromatic N) is 10. The SMILES string of the molecule is CCc1cccc(C)c1CNc1cc(-c2ncn(C)n2)cn2c(C)c(C)nc12.CCc1cccc(C)c1CNc1cc(-c2ncnn2C)cn2c(C)c(C)nc12.Cl.Cl. The van der Waals surface area contributed by atoms with Crippen LogP contribution in [0.15, 0.2) is 73.6 Å². The van der Waals surface area contributed by atoms with Gasteiger partial charge in [0, 0.05) is 62.1 Å². The summed E-state index contributed by atoms with van der Waals surface area (Å²) >= 11 is 0. The molecule has 0 aliphatic heterocycles. The minimum absolute atomic E-state index is 0. The second-order valence-electron chi connectivity index (χ2n) is 14.5. The number of anilines is 2. The highest BCUT2D eigenvalue weighted by atomic mass is 35.5. The maximum atomic E-state index is 4.79. The van der Waals surface area contributed by atoms with Gasteiger partial charge in [-0.15, -0.1) is 24.8 Å². The molecule has 6 aromatic heterocycles. The van der Waals surface area contributed by atoms with Crippen molar-refractivity contribution in [1.29, 1.82) is 0 Å². The molecule has 0 saturated carbocycles. The van der Waals surface area contributed by atoms with E-state index in [1.54, 1.807) is 22.0 Å². The van der Waals surface area contributed by atoms with Crippen molar-refractivity contribution in [3.63, 3.8) is 0 Å². The zero-order valence-corrected chi connectivity index (χ0v) is 36.7. The third kappa shape index (κ3) is 8.58. The lowest BCUT2D eigenvalue weighted by atomic mass is 10.00. The molecule has 6 heterocycles. The number of aryl methyl sites for hydroxylation is 10. The Morgan fingerprint density at radius 1 is 0.638 bits per heavy atom. The van der Waals surface area contributed by atoms with E-state index in [0.29, 0.717) is 5.82 Å². The van der Waals surface area contributed by atoms with E-state index >= 15 is 0 Å². The summed E-state index contributed by atoms with van der Waals surface area (Å²) < 4.78 is 7.78. The molecule has 0 aliphatic rings. The van der Waals surface area contributed by atoms with Crippen molar-refractivity contribution < 1.29 is 0 Å². The van der Waals surface area contributed by atoms with Crippen molar-refractivity contribution in [2.24, 2.45) is 14.1 Å². The first-order valence-electron chi connectivity index (χ1n) is 19.3. The molecule has 304 valence electrons. The van der Waals surface area contributed by atoms with Gasteiger partial charge in [0.2, 0.25) is 0 Å². The Morgan fingerprint density at radius 3 is 1.59 bits per heavy atom. The molecule has 8 rings (SSSR count). The number of benzene rings is 2. The van der Waals surface area contributed by atoms with Crippen molar-refractivity contribution >= 4 is 47.5 Å². The first-order valence-corrected chi connectivity index (χ1v) is 19.3. The van der Waals surface area contributed by atoms with Crippen LogP contribution in [-0.2, 0) is 40.0 Å². The van der Waals surface area contributed by atoms with Crippen molar-refractivity contribution in [2.75, 3.05) is 10.6 Å². The van der Waals surface area contributed by atoms with Gasteiger partial charge in [-0.25, -0.2) is 24.6 Å². The number of aromatic nitrogens is 10. The van der Waals surface area contributed by atoms with Crippen LogP contribution in [0.1, 0.15) is 70.0 Å². The summed E-state index contributed by atoms with van der Waals surface area (Å²) in [5.74, 6) is 1.55. The van der Waals surface area contributed by atoms with Crippen LogP contribution in [0.3, 0.4) is 0 Å². The molecule has 0 aliphatic carbocycles. The van der Waals surface area contributed by atoms with E-state index < -0.39 is 0 Å². The monoisotopic (exact) mass is 820 g/mol. The summed E-state index contributed by atoms with van der Waals surface area (Å²) in [7, 11) is 3.79. The number of hydrogen-bond acceptors (Lipinski definition) is 8. The van der Waals surface area contributed by atoms with Crippen LogP contribution < -0.4 is 10.6 Å². The maximum absolute atomic E-state index is 4.79. The van der Waals surface area contributed by atoms with Gasteiger partial charge in [-0.05, 0) is 99.9 Å². The third-order valence-electron chi connectivity index (χ3n) is 10.9. The fraction of sp³-hybridized carbons (Fsp3) is 0.318. The number of hydrogen-bond donors (Lipinski definition) is 2. The van der Waals surface area contributed by atoms with E-state index in [0.717, 1.165) is 88.3 Å². The van der Waals surface area contributed by atoms with E-state index in [4.69, 9.17) is 9.97 Å². The molecule has 12 nitrogen and oxygen atoms in total. The standard InChI is InChI=1S/2C22H26N6.2ClH/c1-6-17-9-7-8-14(2)19(17)11-23-20-10-18(21-24-13-27(5)26-21)12-28-16(4)15(3)25-22(20)28;1-6-17-9-7-8-14(2)19(17)11-23-20-10-18(21-24-13-25-27(21)5)12-28-16(4)15(3)26-22(20)28;;/h2*7-10,12-13,23H,6,11H2,1-5H3;2*1H. The van der Waals surface area contributed by atoms with E-state index in [1.165, 1.54) is 33.4 Å². The lowest BCUT2D eigenvalue weighted by Gasteiger charge is -2.15. The van der Waals surface area contributed by atoms with E-state index in [-0.39, 0.29) is 24.8 Å². The van der Waals surface area contributed by atoms with Crippen molar-refractivity contribution in [1.82, 2.24) is 48.3 Å². The molecule has 2 aromatic carbocycles. The Hall–Kier alpha value is -5.72. The Kier molecular flexibility index (Phi) is 13.7. The highest BCUT2D eigenvalue weighted by molar-refractivity contribution is 5.85. The topological polar surface area (TPSA) is 120 Å². The van der Waals surface area contributed by atoms with Crippen LogP contribution in [0.2, 0.25) is 0 Å². The lowest BCUT2D eigenvalue weighted by Crippen LogP contribution is -2.07.